The third-order valence-corrected chi connectivity index (χ3v) is 7.75. The SMILES string of the molecule is S=C(SSC(=S)N(CCCCl)CCCCl)N(CCCCl)CCCCl. The van der Waals surface area contributed by atoms with Crippen LogP contribution in [0.5, 0.6) is 0 Å². The number of hydrogen-bond donors (Lipinski definition) is 0. The number of rotatable bonds is 12. The third-order valence-electron chi connectivity index (χ3n) is 2.95. The Morgan fingerprint density at radius 1 is 0.583 bits per heavy atom. The minimum absolute atomic E-state index is 0.626. The third kappa shape index (κ3) is 12.9. The molecule has 0 unspecified atom stereocenters. The summed E-state index contributed by atoms with van der Waals surface area (Å²) in [6, 6.07) is 0. The first-order valence-electron chi connectivity index (χ1n) is 7.76. The van der Waals surface area contributed by atoms with Gasteiger partial charge in [0.2, 0.25) is 0 Å². The van der Waals surface area contributed by atoms with Crippen LogP contribution in [0, 0.1) is 0 Å². The van der Waals surface area contributed by atoms with Gasteiger partial charge in [-0.25, -0.2) is 0 Å². The molecule has 0 aliphatic carbocycles. The summed E-state index contributed by atoms with van der Waals surface area (Å²) < 4.78 is 1.65. The zero-order chi connectivity index (χ0) is 18.2. The highest BCUT2D eigenvalue weighted by Crippen LogP contribution is 2.29. The highest BCUT2D eigenvalue weighted by atomic mass is 35.5. The molecular weight excluding hydrogens is 466 g/mol. The van der Waals surface area contributed by atoms with E-state index in [0.717, 1.165) is 60.5 Å². The van der Waals surface area contributed by atoms with Gasteiger partial charge in [-0.3, -0.25) is 0 Å². The van der Waals surface area contributed by atoms with Gasteiger partial charge >= 0.3 is 0 Å². The van der Waals surface area contributed by atoms with Crippen LogP contribution >= 0.6 is 92.4 Å². The van der Waals surface area contributed by atoms with Crippen molar-refractivity contribution in [3.05, 3.63) is 0 Å². The molecule has 0 aromatic rings. The molecule has 10 heteroatoms. The van der Waals surface area contributed by atoms with Crippen LogP contribution in [0.1, 0.15) is 25.7 Å². The Morgan fingerprint density at radius 3 is 1.04 bits per heavy atom. The van der Waals surface area contributed by atoms with Gasteiger partial charge in [-0.1, -0.05) is 24.4 Å². The molecule has 0 aromatic carbocycles. The molecule has 0 amide bonds. The molecule has 142 valence electrons. The molecule has 0 aliphatic heterocycles. The lowest BCUT2D eigenvalue weighted by molar-refractivity contribution is 0.432. The molecule has 0 heterocycles. The predicted molar refractivity (Wildman–Crippen MR) is 125 cm³/mol. The van der Waals surface area contributed by atoms with Crippen LogP contribution in [-0.2, 0) is 0 Å². The fourth-order valence-electron chi connectivity index (χ4n) is 1.77. The van der Waals surface area contributed by atoms with Gasteiger partial charge in [0.05, 0.1) is 0 Å². The molecule has 0 fully saturated rings. The lowest BCUT2D eigenvalue weighted by Crippen LogP contribution is -2.31. The molecule has 0 aliphatic rings. The van der Waals surface area contributed by atoms with Crippen LogP contribution in [0.25, 0.3) is 0 Å². The zero-order valence-electron chi connectivity index (χ0n) is 13.5. The molecule has 0 radical (unpaired) electrons. The molecule has 0 rings (SSSR count). The summed E-state index contributed by atoms with van der Waals surface area (Å²) in [6.07, 6.45) is 3.60. The van der Waals surface area contributed by atoms with E-state index in [1.807, 2.05) is 0 Å². The van der Waals surface area contributed by atoms with Crippen LogP contribution in [0.4, 0.5) is 0 Å². The average molecular weight is 490 g/mol. The van der Waals surface area contributed by atoms with Gasteiger partial charge in [0.25, 0.3) is 0 Å². The second kappa shape index (κ2) is 18.0. The summed E-state index contributed by atoms with van der Waals surface area (Å²) >= 11 is 34.3. The Labute approximate surface area is 185 Å². The van der Waals surface area contributed by atoms with E-state index in [1.165, 1.54) is 21.6 Å². The lowest BCUT2D eigenvalue weighted by atomic mass is 10.4. The average Bonchev–Trinajstić information content (AvgIpc) is 2.59. The van der Waals surface area contributed by atoms with E-state index in [2.05, 4.69) is 9.80 Å². The number of halogens is 4. The number of nitrogens with zero attached hydrogens (tertiary/aromatic N) is 2. The molecule has 0 aromatic heterocycles. The van der Waals surface area contributed by atoms with E-state index in [4.69, 9.17) is 70.8 Å². The first-order chi connectivity index (χ1) is 11.6. The second-order valence-corrected chi connectivity index (χ2v) is 9.75. The Kier molecular flexibility index (Phi) is 19.3. The standard InChI is InChI=1S/C14H24Cl4N2S4/c15-5-1-9-19(10-2-6-16)13(21)23-24-14(22)20(11-3-7-17)12-4-8-18/h1-12H2. The Morgan fingerprint density at radius 2 is 0.833 bits per heavy atom. The van der Waals surface area contributed by atoms with E-state index >= 15 is 0 Å². The summed E-state index contributed by atoms with van der Waals surface area (Å²) in [5, 5.41) is 0. The normalized spacial score (nSPS) is 10.7. The lowest BCUT2D eigenvalue weighted by Gasteiger charge is -2.26. The number of hydrogen-bond acceptors (Lipinski definition) is 4. The van der Waals surface area contributed by atoms with Gasteiger partial charge < -0.3 is 9.80 Å². The van der Waals surface area contributed by atoms with Crippen LogP contribution in [0.15, 0.2) is 0 Å². The first kappa shape index (κ1) is 25.6. The van der Waals surface area contributed by atoms with E-state index in [-0.39, 0.29) is 0 Å². The van der Waals surface area contributed by atoms with Gasteiger partial charge in [0.1, 0.15) is 8.64 Å². The maximum Gasteiger partial charge on any atom is 0.147 e. The Bertz CT molecular complexity index is 303. The van der Waals surface area contributed by atoms with Crippen molar-refractivity contribution in [2.75, 3.05) is 49.7 Å². The molecular formula is C14H24Cl4N2S4. The Balaban J connectivity index is 4.43. The van der Waals surface area contributed by atoms with Crippen LogP contribution in [-0.4, -0.2) is 68.1 Å². The van der Waals surface area contributed by atoms with Crippen molar-refractivity contribution in [3.8, 4) is 0 Å². The Hall–Kier alpha value is 1.64. The van der Waals surface area contributed by atoms with Crippen molar-refractivity contribution in [2.45, 2.75) is 25.7 Å². The largest absolute Gasteiger partial charge is 0.357 e. The fourth-order valence-corrected chi connectivity index (χ4v) is 5.00. The summed E-state index contributed by atoms with van der Waals surface area (Å²) in [5.74, 6) is 2.50. The van der Waals surface area contributed by atoms with Gasteiger partial charge in [-0.2, -0.15) is 0 Å². The zero-order valence-corrected chi connectivity index (χ0v) is 19.8. The molecule has 0 saturated heterocycles. The van der Waals surface area contributed by atoms with Gasteiger partial charge in [0.15, 0.2) is 0 Å². The maximum atomic E-state index is 5.79. The smallest absolute Gasteiger partial charge is 0.147 e. The maximum absolute atomic E-state index is 5.79. The molecule has 0 atom stereocenters. The van der Waals surface area contributed by atoms with Gasteiger partial charge in [-0.15, -0.1) is 46.4 Å². The van der Waals surface area contributed by atoms with Crippen LogP contribution in [0.2, 0.25) is 0 Å². The monoisotopic (exact) mass is 488 g/mol. The first-order valence-corrected chi connectivity index (χ1v) is 12.9. The van der Waals surface area contributed by atoms with E-state index < -0.39 is 0 Å². The summed E-state index contributed by atoms with van der Waals surface area (Å²) in [6.45, 7) is 3.40. The molecule has 0 saturated carbocycles. The van der Waals surface area contributed by atoms with Gasteiger partial charge in [-0.05, 0) is 47.3 Å². The second-order valence-electron chi connectivity index (χ2n) is 4.84. The number of alkyl halides is 4. The highest BCUT2D eigenvalue weighted by Gasteiger charge is 2.15. The van der Waals surface area contributed by atoms with Crippen molar-refractivity contribution in [2.24, 2.45) is 0 Å². The molecule has 0 N–H and O–H groups in total. The molecule has 0 spiro atoms. The van der Waals surface area contributed by atoms with E-state index in [1.54, 1.807) is 0 Å². The molecule has 24 heavy (non-hydrogen) atoms. The summed E-state index contributed by atoms with van der Waals surface area (Å²) in [5.41, 5.74) is 0. The molecule has 2 nitrogen and oxygen atoms in total. The van der Waals surface area contributed by atoms with Crippen molar-refractivity contribution in [1.82, 2.24) is 9.80 Å². The minimum atomic E-state index is 0.626. The predicted octanol–water partition coefficient (Wildman–Crippen LogP) is 6.06. The van der Waals surface area contributed by atoms with E-state index in [9.17, 15) is 0 Å². The van der Waals surface area contributed by atoms with Gasteiger partial charge in [0, 0.05) is 49.7 Å². The van der Waals surface area contributed by atoms with Crippen LogP contribution < -0.4 is 0 Å². The van der Waals surface area contributed by atoms with E-state index in [0.29, 0.717) is 23.5 Å². The molecule has 0 bridgehead atoms. The van der Waals surface area contributed by atoms with Crippen molar-refractivity contribution in [1.29, 1.82) is 0 Å². The fraction of sp³-hybridized carbons (Fsp3) is 0.857. The quantitative estimate of drug-likeness (QED) is 0.185. The highest BCUT2D eigenvalue weighted by molar-refractivity contribution is 8.89. The summed E-state index contributed by atoms with van der Waals surface area (Å²) in [4.78, 5) is 4.31. The van der Waals surface area contributed by atoms with Crippen LogP contribution in [0.3, 0.4) is 0 Å². The minimum Gasteiger partial charge on any atom is -0.357 e. The number of thiocarbonyl (C=S) groups is 2. The summed E-state index contributed by atoms with van der Waals surface area (Å²) in [7, 11) is 3.06. The van der Waals surface area contributed by atoms with Crippen molar-refractivity contribution in [3.63, 3.8) is 0 Å². The van der Waals surface area contributed by atoms with Crippen molar-refractivity contribution >= 4 is 101 Å². The topological polar surface area (TPSA) is 6.48 Å². The van der Waals surface area contributed by atoms with Crippen molar-refractivity contribution < 1.29 is 0 Å².